The number of carbonyl (C=O) groups excluding carboxylic acids is 3. The van der Waals surface area contributed by atoms with Gasteiger partial charge >= 0.3 is 0 Å². The van der Waals surface area contributed by atoms with E-state index in [0.717, 1.165) is 21.6 Å². The molecule has 1 saturated heterocycles. The molecule has 9 heteroatoms. The summed E-state index contributed by atoms with van der Waals surface area (Å²) in [5.41, 5.74) is 0.946. The summed E-state index contributed by atoms with van der Waals surface area (Å²) in [6.45, 7) is 1.28. The van der Waals surface area contributed by atoms with Crippen LogP contribution >= 0.6 is 39.9 Å². The van der Waals surface area contributed by atoms with Crippen LogP contribution in [0.2, 0.25) is 0 Å². The number of rotatable bonds is 1. The number of thioether (sulfide) groups is 1. The molecule has 0 saturated carbocycles. The first-order valence-electron chi connectivity index (χ1n) is 8.01. The number of nitrogens with zero attached hydrogens (tertiary/aromatic N) is 2. The fraction of sp³-hybridized carbons (Fsp3) is 0.0526. The van der Waals surface area contributed by atoms with Crippen LogP contribution in [0.3, 0.4) is 0 Å². The predicted octanol–water partition coefficient (Wildman–Crippen LogP) is 4.26. The number of imide groups is 1. The summed E-state index contributed by atoms with van der Waals surface area (Å²) in [4.78, 5) is 40.3. The maximum absolute atomic E-state index is 14.2. The Hall–Kier alpha value is -2.36. The van der Waals surface area contributed by atoms with Crippen molar-refractivity contribution in [1.29, 1.82) is 0 Å². The van der Waals surface area contributed by atoms with E-state index >= 15 is 0 Å². The van der Waals surface area contributed by atoms with E-state index < -0.39 is 23.5 Å². The van der Waals surface area contributed by atoms with Crippen LogP contribution in [-0.4, -0.2) is 22.0 Å². The van der Waals surface area contributed by atoms with Gasteiger partial charge in [0.2, 0.25) is 5.91 Å². The van der Waals surface area contributed by atoms with Gasteiger partial charge in [-0.1, -0.05) is 52.0 Å². The van der Waals surface area contributed by atoms with Crippen molar-refractivity contribution in [3.05, 3.63) is 63.2 Å². The molecule has 0 bridgehead atoms. The van der Waals surface area contributed by atoms with Gasteiger partial charge in [-0.2, -0.15) is 0 Å². The van der Waals surface area contributed by atoms with Crippen molar-refractivity contribution < 1.29 is 18.8 Å². The number of halogens is 2. The molecule has 0 aliphatic carbocycles. The molecule has 2 aromatic carbocycles. The quantitative estimate of drug-likeness (QED) is 0.454. The highest BCUT2D eigenvalue weighted by molar-refractivity contribution is 9.10. The fourth-order valence-corrected chi connectivity index (χ4v) is 4.85. The van der Waals surface area contributed by atoms with Crippen molar-refractivity contribution >= 4 is 78.9 Å². The molecular formula is C19H10BrFN2O3S2. The maximum Gasteiger partial charge on any atom is 0.271 e. The monoisotopic (exact) mass is 476 g/mol. The minimum absolute atomic E-state index is 0.0175. The normalized spacial score (nSPS) is 18.9. The number of carbonyl (C=O) groups is 3. The summed E-state index contributed by atoms with van der Waals surface area (Å²) in [5.74, 6) is -2.26. The largest absolute Gasteiger partial charge is 0.274 e. The third kappa shape index (κ3) is 2.81. The van der Waals surface area contributed by atoms with Crippen LogP contribution in [0.5, 0.6) is 0 Å². The molecule has 2 aromatic rings. The summed E-state index contributed by atoms with van der Waals surface area (Å²) >= 11 is 9.55. The highest BCUT2D eigenvalue weighted by Crippen LogP contribution is 2.46. The number of amides is 3. The Bertz CT molecular complexity index is 1130. The molecule has 28 heavy (non-hydrogen) atoms. The Morgan fingerprint density at radius 2 is 1.82 bits per heavy atom. The summed E-state index contributed by atoms with van der Waals surface area (Å²) in [5, 5.41) is 0. The van der Waals surface area contributed by atoms with E-state index in [1.807, 2.05) is 0 Å². The lowest BCUT2D eigenvalue weighted by Gasteiger charge is -2.15. The van der Waals surface area contributed by atoms with Crippen LogP contribution in [0.25, 0.3) is 5.57 Å². The zero-order valence-electron chi connectivity index (χ0n) is 14.2. The highest BCUT2D eigenvalue weighted by Gasteiger charge is 2.44. The number of fused-ring (bicyclic) bond motifs is 1. The lowest BCUT2D eigenvalue weighted by Crippen LogP contribution is -2.32. The van der Waals surface area contributed by atoms with Gasteiger partial charge in [-0.15, -0.1) is 0 Å². The number of para-hydroxylation sites is 1. The fourth-order valence-electron chi connectivity index (χ4n) is 3.13. The third-order valence-corrected chi connectivity index (χ3v) is 6.16. The second-order valence-corrected chi connectivity index (χ2v) is 8.54. The average molecular weight is 477 g/mol. The number of hydrogen-bond donors (Lipinski definition) is 0. The Kier molecular flexibility index (Phi) is 4.68. The van der Waals surface area contributed by atoms with Crippen LogP contribution in [0.15, 0.2) is 51.8 Å². The van der Waals surface area contributed by atoms with Crippen molar-refractivity contribution in [3.8, 4) is 0 Å². The molecule has 0 radical (unpaired) electrons. The molecule has 0 aromatic heterocycles. The smallest absolute Gasteiger partial charge is 0.271 e. The zero-order chi connectivity index (χ0) is 20.2. The van der Waals surface area contributed by atoms with Gasteiger partial charge in [0, 0.05) is 17.0 Å². The lowest BCUT2D eigenvalue weighted by molar-refractivity contribution is -0.122. The van der Waals surface area contributed by atoms with Crippen molar-refractivity contribution in [2.24, 2.45) is 0 Å². The van der Waals surface area contributed by atoms with Gasteiger partial charge in [0.05, 0.1) is 21.9 Å². The van der Waals surface area contributed by atoms with E-state index in [9.17, 15) is 18.8 Å². The molecule has 140 valence electrons. The number of benzene rings is 2. The van der Waals surface area contributed by atoms with Crippen molar-refractivity contribution in [2.45, 2.75) is 6.92 Å². The van der Waals surface area contributed by atoms with Gasteiger partial charge in [0.25, 0.3) is 11.8 Å². The number of thiocarbonyl (C=S) groups is 1. The SMILES string of the molecule is CC(=O)N1C(=O)/C(=C2/SC(=S)N(c3ccccc3F)C2=O)c2cc(Br)ccc21. The Morgan fingerprint density at radius 1 is 1.11 bits per heavy atom. The zero-order valence-corrected chi connectivity index (χ0v) is 17.5. The van der Waals surface area contributed by atoms with Crippen molar-refractivity contribution in [2.75, 3.05) is 9.80 Å². The van der Waals surface area contributed by atoms with Crippen LogP contribution in [0, 0.1) is 5.82 Å². The van der Waals surface area contributed by atoms with E-state index in [2.05, 4.69) is 15.9 Å². The van der Waals surface area contributed by atoms with Crippen LogP contribution < -0.4 is 9.80 Å². The molecule has 1 fully saturated rings. The predicted molar refractivity (Wildman–Crippen MR) is 113 cm³/mol. The van der Waals surface area contributed by atoms with E-state index in [4.69, 9.17) is 12.2 Å². The molecule has 0 atom stereocenters. The number of hydrogen-bond acceptors (Lipinski definition) is 5. The molecule has 5 nitrogen and oxygen atoms in total. The first-order valence-corrected chi connectivity index (χ1v) is 10.0. The maximum atomic E-state index is 14.2. The van der Waals surface area contributed by atoms with E-state index in [1.54, 1.807) is 24.3 Å². The highest BCUT2D eigenvalue weighted by atomic mass is 79.9. The first kappa shape index (κ1) is 19.0. The molecule has 0 unspecified atom stereocenters. The summed E-state index contributed by atoms with van der Waals surface area (Å²) in [6.07, 6.45) is 0. The second kappa shape index (κ2) is 6.91. The van der Waals surface area contributed by atoms with Crippen LogP contribution in [0.1, 0.15) is 12.5 Å². The summed E-state index contributed by atoms with van der Waals surface area (Å²) in [6, 6.07) is 10.8. The van der Waals surface area contributed by atoms with Crippen LogP contribution in [-0.2, 0) is 14.4 Å². The van der Waals surface area contributed by atoms with Gasteiger partial charge in [-0.25, -0.2) is 9.29 Å². The van der Waals surface area contributed by atoms with Gasteiger partial charge in [0.1, 0.15) is 5.82 Å². The first-order chi connectivity index (χ1) is 13.3. The van der Waals surface area contributed by atoms with E-state index in [0.29, 0.717) is 15.7 Å². The van der Waals surface area contributed by atoms with Gasteiger partial charge < -0.3 is 0 Å². The summed E-state index contributed by atoms with van der Waals surface area (Å²) in [7, 11) is 0. The Morgan fingerprint density at radius 3 is 2.50 bits per heavy atom. The van der Waals surface area contributed by atoms with Crippen molar-refractivity contribution in [3.63, 3.8) is 0 Å². The lowest BCUT2D eigenvalue weighted by atomic mass is 10.1. The third-order valence-electron chi connectivity index (χ3n) is 4.29. The molecule has 4 rings (SSSR count). The van der Waals surface area contributed by atoms with E-state index in [-0.39, 0.29) is 20.5 Å². The second-order valence-electron chi connectivity index (χ2n) is 5.99. The van der Waals surface area contributed by atoms with Gasteiger partial charge in [-0.05, 0) is 30.3 Å². The van der Waals surface area contributed by atoms with Gasteiger partial charge in [-0.3, -0.25) is 19.3 Å². The van der Waals surface area contributed by atoms with Crippen LogP contribution in [0.4, 0.5) is 15.8 Å². The molecule has 0 N–H and O–H groups in total. The molecule has 2 aliphatic heterocycles. The topological polar surface area (TPSA) is 57.7 Å². The minimum Gasteiger partial charge on any atom is -0.274 e. The molecule has 2 aliphatic rings. The molecule has 0 spiro atoms. The summed E-state index contributed by atoms with van der Waals surface area (Å²) < 4.78 is 15.0. The Balaban J connectivity index is 1.91. The van der Waals surface area contributed by atoms with Gasteiger partial charge in [0.15, 0.2) is 4.32 Å². The standard InChI is InChI=1S/C19H10BrFN2O3S2/c1-9(24)22-13-7-6-10(20)8-11(13)15(17(22)25)16-18(26)23(19(27)28-16)14-5-3-2-4-12(14)21/h2-8H,1H3/b16-15+. The Labute approximate surface area is 177 Å². The molecule has 3 amide bonds. The number of anilines is 2. The minimum atomic E-state index is -0.602. The van der Waals surface area contributed by atoms with E-state index in [1.165, 1.54) is 25.1 Å². The molecule has 2 heterocycles. The average Bonchev–Trinajstić information content (AvgIpc) is 3.08. The molecular weight excluding hydrogens is 467 g/mol. The van der Waals surface area contributed by atoms with Crippen molar-refractivity contribution in [1.82, 2.24) is 0 Å².